The first-order chi connectivity index (χ1) is 6.81. The SMILES string of the molecule is NC/C=C/c1cc(Cl)cc2c1OCC2. The molecule has 1 heterocycles. The molecule has 0 saturated heterocycles. The van der Waals surface area contributed by atoms with Gasteiger partial charge in [-0.15, -0.1) is 0 Å². The Morgan fingerprint density at radius 2 is 2.36 bits per heavy atom. The largest absolute Gasteiger partial charge is 0.492 e. The molecule has 2 N–H and O–H groups in total. The summed E-state index contributed by atoms with van der Waals surface area (Å²) < 4.78 is 5.53. The Hall–Kier alpha value is -0.990. The molecule has 0 amide bonds. The van der Waals surface area contributed by atoms with E-state index in [2.05, 4.69) is 0 Å². The molecule has 0 radical (unpaired) electrons. The van der Waals surface area contributed by atoms with Crippen LogP contribution >= 0.6 is 11.6 Å². The average Bonchev–Trinajstić information content (AvgIpc) is 2.61. The Labute approximate surface area is 88.3 Å². The predicted molar refractivity (Wildman–Crippen MR) is 58.7 cm³/mol. The van der Waals surface area contributed by atoms with E-state index >= 15 is 0 Å². The van der Waals surface area contributed by atoms with Crippen LogP contribution in [0.15, 0.2) is 18.2 Å². The fourth-order valence-corrected chi connectivity index (χ4v) is 1.87. The Balaban J connectivity index is 2.43. The van der Waals surface area contributed by atoms with Gasteiger partial charge in [0.25, 0.3) is 0 Å². The van der Waals surface area contributed by atoms with Gasteiger partial charge in [-0.05, 0) is 17.7 Å². The number of fused-ring (bicyclic) bond motifs is 1. The van der Waals surface area contributed by atoms with Crippen LogP contribution in [0.1, 0.15) is 11.1 Å². The molecule has 1 aliphatic rings. The molecule has 0 saturated carbocycles. The van der Waals surface area contributed by atoms with Crippen LogP contribution in [0.25, 0.3) is 6.08 Å². The summed E-state index contributed by atoms with van der Waals surface area (Å²) in [5.41, 5.74) is 7.61. The number of rotatable bonds is 2. The molecule has 14 heavy (non-hydrogen) atoms. The zero-order valence-electron chi connectivity index (χ0n) is 7.79. The summed E-state index contributed by atoms with van der Waals surface area (Å²) in [7, 11) is 0. The molecule has 0 fully saturated rings. The number of ether oxygens (including phenoxy) is 1. The highest BCUT2D eigenvalue weighted by Gasteiger charge is 2.15. The van der Waals surface area contributed by atoms with Crippen molar-refractivity contribution in [1.29, 1.82) is 0 Å². The number of benzene rings is 1. The molecule has 1 aliphatic heterocycles. The van der Waals surface area contributed by atoms with E-state index in [4.69, 9.17) is 22.1 Å². The van der Waals surface area contributed by atoms with Crippen molar-refractivity contribution in [2.75, 3.05) is 13.2 Å². The van der Waals surface area contributed by atoms with E-state index in [0.29, 0.717) is 6.54 Å². The van der Waals surface area contributed by atoms with Crippen LogP contribution in [0.5, 0.6) is 5.75 Å². The molecule has 0 unspecified atom stereocenters. The molecule has 0 aromatic heterocycles. The molecular formula is C11H12ClNO. The minimum Gasteiger partial charge on any atom is -0.492 e. The number of hydrogen-bond donors (Lipinski definition) is 1. The summed E-state index contributed by atoms with van der Waals surface area (Å²) in [5.74, 6) is 0.958. The van der Waals surface area contributed by atoms with Gasteiger partial charge in [0.15, 0.2) is 0 Å². The first-order valence-electron chi connectivity index (χ1n) is 4.63. The van der Waals surface area contributed by atoms with E-state index in [1.807, 2.05) is 24.3 Å². The van der Waals surface area contributed by atoms with Gasteiger partial charge in [0, 0.05) is 23.6 Å². The van der Waals surface area contributed by atoms with E-state index in [9.17, 15) is 0 Å². The number of nitrogens with two attached hydrogens (primary N) is 1. The maximum atomic E-state index is 5.99. The zero-order chi connectivity index (χ0) is 9.97. The summed E-state index contributed by atoms with van der Waals surface area (Å²) in [6.07, 6.45) is 4.79. The van der Waals surface area contributed by atoms with Crippen molar-refractivity contribution in [1.82, 2.24) is 0 Å². The van der Waals surface area contributed by atoms with Crippen molar-refractivity contribution >= 4 is 17.7 Å². The summed E-state index contributed by atoms with van der Waals surface area (Å²) in [6, 6.07) is 3.86. The third-order valence-electron chi connectivity index (χ3n) is 2.21. The van der Waals surface area contributed by atoms with E-state index in [-0.39, 0.29) is 0 Å². The summed E-state index contributed by atoms with van der Waals surface area (Å²) in [4.78, 5) is 0. The lowest BCUT2D eigenvalue weighted by atomic mass is 10.1. The van der Waals surface area contributed by atoms with Gasteiger partial charge in [0.1, 0.15) is 5.75 Å². The fraction of sp³-hybridized carbons (Fsp3) is 0.273. The Morgan fingerprint density at radius 3 is 3.14 bits per heavy atom. The molecule has 1 aromatic rings. The quantitative estimate of drug-likeness (QED) is 0.811. The predicted octanol–water partition coefficient (Wildman–Crippen LogP) is 2.25. The monoisotopic (exact) mass is 209 g/mol. The van der Waals surface area contributed by atoms with Crippen molar-refractivity contribution in [2.24, 2.45) is 5.73 Å². The first-order valence-corrected chi connectivity index (χ1v) is 5.01. The van der Waals surface area contributed by atoms with Gasteiger partial charge in [0.05, 0.1) is 6.61 Å². The van der Waals surface area contributed by atoms with Crippen LogP contribution in [0.3, 0.4) is 0 Å². The molecule has 3 heteroatoms. The highest BCUT2D eigenvalue weighted by Crippen LogP contribution is 2.33. The third-order valence-corrected chi connectivity index (χ3v) is 2.43. The molecule has 0 spiro atoms. The lowest BCUT2D eigenvalue weighted by Gasteiger charge is -2.04. The Bertz CT molecular complexity index is 374. The molecule has 74 valence electrons. The molecule has 1 aromatic carbocycles. The van der Waals surface area contributed by atoms with Crippen LogP contribution in [-0.2, 0) is 6.42 Å². The van der Waals surface area contributed by atoms with Crippen LogP contribution in [-0.4, -0.2) is 13.2 Å². The van der Waals surface area contributed by atoms with Crippen molar-refractivity contribution < 1.29 is 4.74 Å². The second kappa shape index (κ2) is 4.03. The van der Waals surface area contributed by atoms with E-state index in [1.54, 1.807) is 0 Å². The molecule has 0 aliphatic carbocycles. The fourth-order valence-electron chi connectivity index (χ4n) is 1.62. The first kappa shape index (κ1) is 9.56. The zero-order valence-corrected chi connectivity index (χ0v) is 8.55. The summed E-state index contributed by atoms with van der Waals surface area (Å²) in [6.45, 7) is 1.28. The highest BCUT2D eigenvalue weighted by molar-refractivity contribution is 6.30. The Morgan fingerprint density at radius 1 is 1.50 bits per heavy atom. The van der Waals surface area contributed by atoms with E-state index in [1.165, 1.54) is 5.56 Å². The van der Waals surface area contributed by atoms with Crippen molar-refractivity contribution in [3.05, 3.63) is 34.4 Å². The lowest BCUT2D eigenvalue weighted by molar-refractivity contribution is 0.356. The van der Waals surface area contributed by atoms with E-state index in [0.717, 1.165) is 29.4 Å². The third kappa shape index (κ3) is 1.76. The van der Waals surface area contributed by atoms with Crippen molar-refractivity contribution in [3.8, 4) is 5.75 Å². The molecular weight excluding hydrogens is 198 g/mol. The lowest BCUT2D eigenvalue weighted by Crippen LogP contribution is -1.93. The van der Waals surface area contributed by atoms with Crippen LogP contribution < -0.4 is 10.5 Å². The van der Waals surface area contributed by atoms with Gasteiger partial charge in [0.2, 0.25) is 0 Å². The second-order valence-corrected chi connectivity index (χ2v) is 3.66. The summed E-state index contributed by atoms with van der Waals surface area (Å²) in [5, 5.41) is 0.755. The summed E-state index contributed by atoms with van der Waals surface area (Å²) >= 11 is 5.99. The minimum atomic E-state index is 0.529. The van der Waals surface area contributed by atoms with E-state index < -0.39 is 0 Å². The maximum Gasteiger partial charge on any atom is 0.129 e. The molecule has 0 atom stereocenters. The van der Waals surface area contributed by atoms with Gasteiger partial charge in [-0.3, -0.25) is 0 Å². The topological polar surface area (TPSA) is 35.2 Å². The standard InChI is InChI=1S/C11H12ClNO/c12-10-6-8(2-1-4-13)11-9(7-10)3-5-14-11/h1-2,6-7H,3-5,13H2/b2-1+. The van der Waals surface area contributed by atoms with Crippen LogP contribution in [0.4, 0.5) is 0 Å². The molecule has 0 bridgehead atoms. The van der Waals surface area contributed by atoms with Crippen molar-refractivity contribution in [3.63, 3.8) is 0 Å². The van der Waals surface area contributed by atoms with Gasteiger partial charge in [-0.1, -0.05) is 23.8 Å². The second-order valence-electron chi connectivity index (χ2n) is 3.22. The normalized spacial score (nSPS) is 14.4. The van der Waals surface area contributed by atoms with Crippen LogP contribution in [0, 0.1) is 0 Å². The Kier molecular flexibility index (Phi) is 2.75. The molecule has 2 rings (SSSR count). The number of halogens is 1. The molecule has 2 nitrogen and oxygen atoms in total. The van der Waals surface area contributed by atoms with Gasteiger partial charge >= 0.3 is 0 Å². The van der Waals surface area contributed by atoms with Crippen LogP contribution in [0.2, 0.25) is 5.02 Å². The van der Waals surface area contributed by atoms with Gasteiger partial charge < -0.3 is 10.5 Å². The van der Waals surface area contributed by atoms with Crippen molar-refractivity contribution in [2.45, 2.75) is 6.42 Å². The highest BCUT2D eigenvalue weighted by atomic mass is 35.5. The van der Waals surface area contributed by atoms with Gasteiger partial charge in [-0.2, -0.15) is 0 Å². The maximum absolute atomic E-state index is 5.99. The van der Waals surface area contributed by atoms with Gasteiger partial charge in [-0.25, -0.2) is 0 Å². The average molecular weight is 210 g/mol. The smallest absolute Gasteiger partial charge is 0.129 e. The number of hydrogen-bond acceptors (Lipinski definition) is 2. The minimum absolute atomic E-state index is 0.529.